The molecule has 1 saturated heterocycles. The van der Waals surface area contributed by atoms with Crippen molar-refractivity contribution in [2.45, 2.75) is 33.1 Å². The highest BCUT2D eigenvalue weighted by molar-refractivity contribution is 5.63. The van der Waals surface area contributed by atoms with E-state index in [1.54, 1.807) is 0 Å². The highest BCUT2D eigenvalue weighted by Gasteiger charge is 2.19. The molecule has 2 aromatic rings. The van der Waals surface area contributed by atoms with E-state index in [1.807, 2.05) is 12.1 Å². The Hall–Kier alpha value is -2.56. The SMILES string of the molecule is CCCCCOc1cc(N2CCN(c3ccc(N)c(C)c3)CC2)ccc1N. The van der Waals surface area contributed by atoms with Crippen molar-refractivity contribution in [2.75, 3.05) is 54.1 Å². The van der Waals surface area contributed by atoms with E-state index >= 15 is 0 Å². The van der Waals surface area contributed by atoms with E-state index in [-0.39, 0.29) is 0 Å². The lowest BCUT2D eigenvalue weighted by atomic mass is 10.1. The summed E-state index contributed by atoms with van der Waals surface area (Å²) in [5.41, 5.74) is 17.2. The Balaban J connectivity index is 1.61. The molecule has 5 nitrogen and oxygen atoms in total. The molecule has 1 aliphatic rings. The van der Waals surface area contributed by atoms with Crippen LogP contribution in [0.25, 0.3) is 0 Å². The summed E-state index contributed by atoms with van der Waals surface area (Å²) in [4.78, 5) is 4.82. The first-order chi connectivity index (χ1) is 13.1. The number of nitrogens with two attached hydrogens (primary N) is 2. The van der Waals surface area contributed by atoms with E-state index in [0.29, 0.717) is 5.69 Å². The summed E-state index contributed by atoms with van der Waals surface area (Å²) in [6, 6.07) is 12.4. The summed E-state index contributed by atoms with van der Waals surface area (Å²) in [7, 11) is 0. The summed E-state index contributed by atoms with van der Waals surface area (Å²) in [5, 5.41) is 0. The molecule has 0 aromatic heterocycles. The van der Waals surface area contributed by atoms with Crippen molar-refractivity contribution in [3.8, 4) is 5.75 Å². The van der Waals surface area contributed by atoms with Crippen molar-refractivity contribution in [1.29, 1.82) is 0 Å². The Morgan fingerprint density at radius 3 is 2.04 bits per heavy atom. The fourth-order valence-corrected chi connectivity index (χ4v) is 3.46. The minimum Gasteiger partial charge on any atom is -0.491 e. The molecule has 0 amide bonds. The molecule has 5 heteroatoms. The second kappa shape index (κ2) is 8.89. The third-order valence-electron chi connectivity index (χ3n) is 5.27. The molecule has 3 rings (SSSR count). The van der Waals surface area contributed by atoms with Gasteiger partial charge >= 0.3 is 0 Å². The normalized spacial score (nSPS) is 14.4. The number of rotatable bonds is 7. The van der Waals surface area contributed by atoms with Gasteiger partial charge < -0.3 is 26.0 Å². The number of aryl methyl sites for hydroxylation is 1. The van der Waals surface area contributed by atoms with Crippen LogP contribution >= 0.6 is 0 Å². The molecule has 0 radical (unpaired) electrons. The minimum absolute atomic E-state index is 0.714. The first-order valence-electron chi connectivity index (χ1n) is 9.97. The highest BCUT2D eigenvalue weighted by Crippen LogP contribution is 2.29. The van der Waals surface area contributed by atoms with Crippen molar-refractivity contribution in [3.05, 3.63) is 42.0 Å². The van der Waals surface area contributed by atoms with Gasteiger partial charge in [-0.25, -0.2) is 0 Å². The second-order valence-electron chi connectivity index (χ2n) is 7.29. The van der Waals surface area contributed by atoms with Crippen LogP contribution in [0.4, 0.5) is 22.7 Å². The number of nitrogen functional groups attached to an aromatic ring is 2. The molecule has 0 bridgehead atoms. The lowest BCUT2D eigenvalue weighted by Crippen LogP contribution is -2.46. The third kappa shape index (κ3) is 4.79. The molecule has 1 heterocycles. The number of anilines is 4. The molecular weight excluding hydrogens is 336 g/mol. The zero-order valence-corrected chi connectivity index (χ0v) is 16.6. The topological polar surface area (TPSA) is 67.8 Å². The maximum Gasteiger partial charge on any atom is 0.144 e. The van der Waals surface area contributed by atoms with Gasteiger partial charge in [-0.1, -0.05) is 19.8 Å². The lowest BCUT2D eigenvalue weighted by molar-refractivity contribution is 0.308. The molecule has 2 aromatic carbocycles. The van der Waals surface area contributed by atoms with Crippen LogP contribution < -0.4 is 26.0 Å². The average Bonchev–Trinajstić information content (AvgIpc) is 2.69. The molecule has 0 atom stereocenters. The van der Waals surface area contributed by atoms with E-state index < -0.39 is 0 Å². The summed E-state index contributed by atoms with van der Waals surface area (Å²) in [5.74, 6) is 0.806. The van der Waals surface area contributed by atoms with E-state index in [0.717, 1.165) is 56.2 Å². The molecule has 146 valence electrons. The standard InChI is InChI=1S/C22H32N4O/c1-3-4-5-14-27-22-16-19(7-9-21(22)24)26-12-10-25(11-13-26)18-6-8-20(23)17(2)15-18/h6-9,15-16H,3-5,10-14,23-24H2,1-2H3. The van der Waals surface area contributed by atoms with Crippen LogP contribution in [-0.2, 0) is 0 Å². The van der Waals surface area contributed by atoms with Crippen molar-refractivity contribution < 1.29 is 4.74 Å². The fourth-order valence-electron chi connectivity index (χ4n) is 3.46. The van der Waals surface area contributed by atoms with E-state index in [9.17, 15) is 0 Å². The van der Waals surface area contributed by atoms with Gasteiger partial charge in [0.05, 0.1) is 12.3 Å². The number of piperazine rings is 1. The van der Waals surface area contributed by atoms with Crippen LogP contribution in [0.15, 0.2) is 36.4 Å². The summed E-state index contributed by atoms with van der Waals surface area (Å²) < 4.78 is 5.91. The Labute approximate surface area is 162 Å². The van der Waals surface area contributed by atoms with E-state index in [1.165, 1.54) is 24.2 Å². The van der Waals surface area contributed by atoms with Crippen LogP contribution in [0, 0.1) is 6.92 Å². The number of benzene rings is 2. The molecule has 0 saturated carbocycles. The number of ether oxygens (including phenoxy) is 1. The Morgan fingerprint density at radius 1 is 0.852 bits per heavy atom. The molecule has 0 aliphatic carbocycles. The highest BCUT2D eigenvalue weighted by atomic mass is 16.5. The third-order valence-corrected chi connectivity index (χ3v) is 5.27. The van der Waals surface area contributed by atoms with Crippen LogP contribution in [0.2, 0.25) is 0 Å². The molecule has 1 aliphatic heterocycles. The molecule has 1 fully saturated rings. The zero-order chi connectivity index (χ0) is 19.2. The predicted octanol–water partition coefficient (Wildman–Crippen LogP) is 4.06. The van der Waals surface area contributed by atoms with Crippen LogP contribution in [0.5, 0.6) is 5.75 Å². The summed E-state index contributed by atoms with van der Waals surface area (Å²) in [6.45, 7) is 8.91. The minimum atomic E-state index is 0.714. The van der Waals surface area contributed by atoms with Gasteiger partial charge in [0.25, 0.3) is 0 Å². The quantitative estimate of drug-likeness (QED) is 0.570. The largest absolute Gasteiger partial charge is 0.491 e. The van der Waals surface area contributed by atoms with Gasteiger partial charge in [-0.05, 0) is 49.2 Å². The summed E-state index contributed by atoms with van der Waals surface area (Å²) >= 11 is 0. The molecular formula is C22H32N4O. The molecule has 0 spiro atoms. The van der Waals surface area contributed by atoms with Crippen molar-refractivity contribution >= 4 is 22.7 Å². The van der Waals surface area contributed by atoms with Crippen LogP contribution in [-0.4, -0.2) is 32.8 Å². The maximum absolute atomic E-state index is 6.10. The molecule has 0 unspecified atom stereocenters. The molecule has 4 N–H and O–H groups in total. The Bertz CT molecular complexity index is 754. The number of hydrogen-bond donors (Lipinski definition) is 2. The lowest BCUT2D eigenvalue weighted by Gasteiger charge is -2.37. The Kier molecular flexibility index (Phi) is 6.32. The zero-order valence-electron chi connectivity index (χ0n) is 16.6. The van der Waals surface area contributed by atoms with Gasteiger partial charge in [-0.3, -0.25) is 0 Å². The van der Waals surface area contributed by atoms with E-state index in [4.69, 9.17) is 16.2 Å². The van der Waals surface area contributed by atoms with Crippen molar-refractivity contribution in [1.82, 2.24) is 0 Å². The van der Waals surface area contributed by atoms with Gasteiger partial charge in [0.2, 0.25) is 0 Å². The van der Waals surface area contributed by atoms with Gasteiger partial charge in [0.1, 0.15) is 5.75 Å². The van der Waals surface area contributed by atoms with Gasteiger partial charge in [-0.2, -0.15) is 0 Å². The number of nitrogens with zero attached hydrogens (tertiary/aromatic N) is 2. The van der Waals surface area contributed by atoms with E-state index in [2.05, 4.69) is 47.9 Å². The first kappa shape index (κ1) is 19.2. The predicted molar refractivity (Wildman–Crippen MR) is 116 cm³/mol. The smallest absolute Gasteiger partial charge is 0.144 e. The first-order valence-corrected chi connectivity index (χ1v) is 9.97. The van der Waals surface area contributed by atoms with Crippen LogP contribution in [0.3, 0.4) is 0 Å². The second-order valence-corrected chi connectivity index (χ2v) is 7.29. The summed E-state index contributed by atoms with van der Waals surface area (Å²) in [6.07, 6.45) is 3.45. The van der Waals surface area contributed by atoms with Gasteiger partial charge in [0, 0.05) is 49.3 Å². The Morgan fingerprint density at radius 2 is 1.44 bits per heavy atom. The number of hydrogen-bond acceptors (Lipinski definition) is 5. The van der Waals surface area contributed by atoms with Gasteiger partial charge in [-0.15, -0.1) is 0 Å². The van der Waals surface area contributed by atoms with Crippen molar-refractivity contribution in [2.24, 2.45) is 0 Å². The fraction of sp³-hybridized carbons (Fsp3) is 0.455. The average molecular weight is 369 g/mol. The van der Waals surface area contributed by atoms with Crippen molar-refractivity contribution in [3.63, 3.8) is 0 Å². The number of unbranched alkanes of at least 4 members (excludes halogenated alkanes) is 2. The molecule has 27 heavy (non-hydrogen) atoms. The maximum atomic E-state index is 6.10. The van der Waals surface area contributed by atoms with Crippen LogP contribution in [0.1, 0.15) is 31.7 Å². The van der Waals surface area contributed by atoms with Gasteiger partial charge in [0.15, 0.2) is 0 Å². The monoisotopic (exact) mass is 368 g/mol.